The zero-order chi connectivity index (χ0) is 19.0. The van der Waals surface area contributed by atoms with E-state index in [1.54, 1.807) is 11.3 Å². The SMILES string of the molecule is Cc1noc(C)c1CN1CCc2c(C(=O)N3CCC(CO)CC3)csc2C1. The van der Waals surface area contributed by atoms with Crippen LogP contribution in [0.25, 0.3) is 0 Å². The number of aliphatic hydroxyl groups is 1. The van der Waals surface area contributed by atoms with Gasteiger partial charge in [0.2, 0.25) is 0 Å². The van der Waals surface area contributed by atoms with E-state index in [0.29, 0.717) is 5.92 Å². The fourth-order valence-corrected chi connectivity index (χ4v) is 5.25. The Labute approximate surface area is 163 Å². The number of likely N-dealkylation sites (tertiary alicyclic amines) is 1. The number of fused-ring (bicyclic) bond motifs is 1. The molecule has 0 aliphatic carbocycles. The molecule has 4 rings (SSSR count). The summed E-state index contributed by atoms with van der Waals surface area (Å²) in [5.41, 5.74) is 4.28. The van der Waals surface area contributed by atoms with Crippen LogP contribution in [0.5, 0.6) is 0 Å². The van der Waals surface area contributed by atoms with Crippen LogP contribution in [0.3, 0.4) is 0 Å². The first-order valence-electron chi connectivity index (χ1n) is 9.70. The number of piperidine rings is 1. The van der Waals surface area contributed by atoms with E-state index in [4.69, 9.17) is 4.52 Å². The van der Waals surface area contributed by atoms with Gasteiger partial charge in [-0.3, -0.25) is 9.69 Å². The van der Waals surface area contributed by atoms with E-state index in [1.807, 2.05) is 24.1 Å². The molecule has 2 aliphatic rings. The zero-order valence-electron chi connectivity index (χ0n) is 16.0. The molecule has 2 aromatic heterocycles. The van der Waals surface area contributed by atoms with E-state index in [-0.39, 0.29) is 12.5 Å². The Morgan fingerprint density at radius 3 is 2.78 bits per heavy atom. The van der Waals surface area contributed by atoms with Gasteiger partial charge in [-0.05, 0) is 44.6 Å². The normalized spacial score (nSPS) is 18.7. The molecular formula is C20H27N3O3S. The fraction of sp³-hybridized carbons (Fsp3) is 0.600. The van der Waals surface area contributed by atoms with Crippen LogP contribution in [0.4, 0.5) is 0 Å². The summed E-state index contributed by atoms with van der Waals surface area (Å²) < 4.78 is 5.28. The zero-order valence-corrected chi connectivity index (χ0v) is 16.8. The third-order valence-electron chi connectivity index (χ3n) is 5.98. The van der Waals surface area contributed by atoms with Gasteiger partial charge in [0.1, 0.15) is 5.76 Å². The van der Waals surface area contributed by atoms with Gasteiger partial charge in [0.25, 0.3) is 5.91 Å². The van der Waals surface area contributed by atoms with Crippen molar-refractivity contribution in [1.82, 2.24) is 15.0 Å². The Balaban J connectivity index is 1.43. The molecule has 1 saturated heterocycles. The molecule has 6 nitrogen and oxygen atoms in total. The number of aromatic nitrogens is 1. The first kappa shape index (κ1) is 18.7. The van der Waals surface area contributed by atoms with Gasteiger partial charge in [0.15, 0.2) is 0 Å². The molecule has 1 amide bonds. The summed E-state index contributed by atoms with van der Waals surface area (Å²) in [6.07, 6.45) is 2.72. The molecule has 2 aliphatic heterocycles. The van der Waals surface area contributed by atoms with E-state index in [1.165, 1.54) is 16.0 Å². The van der Waals surface area contributed by atoms with Gasteiger partial charge < -0.3 is 14.5 Å². The summed E-state index contributed by atoms with van der Waals surface area (Å²) in [4.78, 5) is 18.7. The average molecular weight is 390 g/mol. The number of aliphatic hydroxyl groups excluding tert-OH is 1. The van der Waals surface area contributed by atoms with Crippen molar-refractivity contribution in [3.63, 3.8) is 0 Å². The standard InChI is InChI=1S/C20H27N3O3S/c1-13-17(14(2)26-21-13)9-22-6-5-16-18(12-27-19(16)10-22)20(25)23-7-3-15(11-24)4-8-23/h12,15,24H,3-11H2,1-2H3. The molecule has 1 fully saturated rings. The molecule has 1 N–H and O–H groups in total. The van der Waals surface area contributed by atoms with Gasteiger partial charge in [0, 0.05) is 55.2 Å². The maximum absolute atomic E-state index is 13.0. The Morgan fingerprint density at radius 1 is 1.33 bits per heavy atom. The number of carbonyl (C=O) groups excluding carboxylic acids is 1. The van der Waals surface area contributed by atoms with E-state index in [9.17, 15) is 9.90 Å². The predicted molar refractivity (Wildman–Crippen MR) is 104 cm³/mol. The van der Waals surface area contributed by atoms with Gasteiger partial charge in [-0.2, -0.15) is 0 Å². The molecule has 0 saturated carbocycles. The quantitative estimate of drug-likeness (QED) is 0.871. The van der Waals surface area contributed by atoms with Gasteiger partial charge in [0.05, 0.1) is 11.3 Å². The molecule has 2 aromatic rings. The van der Waals surface area contributed by atoms with Crippen LogP contribution in [-0.4, -0.2) is 52.2 Å². The highest BCUT2D eigenvalue weighted by atomic mass is 32.1. The van der Waals surface area contributed by atoms with Crippen molar-refractivity contribution in [2.75, 3.05) is 26.2 Å². The van der Waals surface area contributed by atoms with Crippen LogP contribution in [0, 0.1) is 19.8 Å². The monoisotopic (exact) mass is 389 g/mol. The van der Waals surface area contributed by atoms with Crippen molar-refractivity contribution in [3.8, 4) is 0 Å². The Bertz CT molecular complexity index is 801. The van der Waals surface area contributed by atoms with E-state index >= 15 is 0 Å². The summed E-state index contributed by atoms with van der Waals surface area (Å²) in [7, 11) is 0. The number of thiophene rings is 1. The molecule has 4 heterocycles. The molecule has 0 radical (unpaired) electrons. The second-order valence-corrected chi connectivity index (χ2v) is 8.70. The first-order valence-corrected chi connectivity index (χ1v) is 10.6. The van der Waals surface area contributed by atoms with Crippen LogP contribution in [0.2, 0.25) is 0 Å². The second kappa shape index (κ2) is 7.73. The van der Waals surface area contributed by atoms with Crippen molar-refractivity contribution in [3.05, 3.63) is 38.4 Å². The summed E-state index contributed by atoms with van der Waals surface area (Å²) >= 11 is 1.71. The Hall–Kier alpha value is -1.70. The lowest BCUT2D eigenvalue weighted by Gasteiger charge is -2.32. The topological polar surface area (TPSA) is 69.8 Å². The molecule has 0 bridgehead atoms. The van der Waals surface area contributed by atoms with Crippen LogP contribution in [-0.2, 0) is 19.5 Å². The lowest BCUT2D eigenvalue weighted by molar-refractivity contribution is 0.0649. The van der Waals surface area contributed by atoms with Crippen LogP contribution < -0.4 is 0 Å². The van der Waals surface area contributed by atoms with Crippen molar-refractivity contribution in [1.29, 1.82) is 0 Å². The number of nitrogens with zero attached hydrogens (tertiary/aromatic N) is 3. The lowest BCUT2D eigenvalue weighted by Crippen LogP contribution is -2.39. The van der Waals surface area contributed by atoms with Gasteiger partial charge in [-0.1, -0.05) is 5.16 Å². The minimum atomic E-state index is 0.170. The maximum Gasteiger partial charge on any atom is 0.254 e. The van der Waals surface area contributed by atoms with Crippen LogP contribution in [0.15, 0.2) is 9.90 Å². The second-order valence-electron chi connectivity index (χ2n) is 7.73. The van der Waals surface area contributed by atoms with Crippen LogP contribution in [0.1, 0.15) is 50.7 Å². The minimum Gasteiger partial charge on any atom is -0.396 e. The van der Waals surface area contributed by atoms with E-state index in [2.05, 4.69) is 10.1 Å². The first-order chi connectivity index (χ1) is 13.1. The number of hydrogen-bond acceptors (Lipinski definition) is 6. The maximum atomic E-state index is 13.0. The van der Waals surface area contributed by atoms with E-state index < -0.39 is 0 Å². The van der Waals surface area contributed by atoms with Crippen molar-refractivity contribution < 1.29 is 14.4 Å². The molecular weight excluding hydrogens is 362 g/mol. The largest absolute Gasteiger partial charge is 0.396 e. The molecule has 27 heavy (non-hydrogen) atoms. The minimum absolute atomic E-state index is 0.170. The molecule has 0 spiro atoms. The highest BCUT2D eigenvalue weighted by Gasteiger charge is 2.29. The summed E-state index contributed by atoms with van der Waals surface area (Å²) in [5, 5.41) is 15.4. The third kappa shape index (κ3) is 3.68. The van der Waals surface area contributed by atoms with Crippen molar-refractivity contribution in [2.45, 2.75) is 46.2 Å². The average Bonchev–Trinajstić information content (AvgIpc) is 3.25. The summed E-state index contributed by atoms with van der Waals surface area (Å²) in [6, 6.07) is 0. The highest BCUT2D eigenvalue weighted by Crippen LogP contribution is 2.31. The smallest absolute Gasteiger partial charge is 0.254 e. The number of amides is 1. The number of aryl methyl sites for hydroxylation is 2. The van der Waals surface area contributed by atoms with Crippen molar-refractivity contribution in [2.24, 2.45) is 5.92 Å². The molecule has 7 heteroatoms. The van der Waals surface area contributed by atoms with Gasteiger partial charge in [-0.15, -0.1) is 11.3 Å². The van der Waals surface area contributed by atoms with Crippen molar-refractivity contribution >= 4 is 17.2 Å². The third-order valence-corrected chi connectivity index (χ3v) is 6.99. The van der Waals surface area contributed by atoms with E-state index in [0.717, 1.165) is 69.0 Å². The number of hydrogen-bond donors (Lipinski definition) is 1. The molecule has 0 aromatic carbocycles. The lowest BCUT2D eigenvalue weighted by atomic mass is 9.96. The van der Waals surface area contributed by atoms with Gasteiger partial charge >= 0.3 is 0 Å². The number of carbonyl (C=O) groups is 1. The van der Waals surface area contributed by atoms with Crippen LogP contribution >= 0.6 is 11.3 Å². The molecule has 0 unspecified atom stereocenters. The Kier molecular flexibility index (Phi) is 5.34. The molecule has 0 atom stereocenters. The predicted octanol–water partition coefficient (Wildman–Crippen LogP) is 2.76. The Morgan fingerprint density at radius 2 is 2.11 bits per heavy atom. The summed E-state index contributed by atoms with van der Waals surface area (Å²) in [6.45, 7) is 8.37. The molecule has 146 valence electrons. The number of rotatable bonds is 4. The van der Waals surface area contributed by atoms with Gasteiger partial charge in [-0.25, -0.2) is 0 Å². The fourth-order valence-electron chi connectivity index (χ4n) is 4.14. The highest BCUT2D eigenvalue weighted by molar-refractivity contribution is 7.10. The summed E-state index contributed by atoms with van der Waals surface area (Å²) in [5.74, 6) is 1.41.